The van der Waals surface area contributed by atoms with E-state index in [1.54, 1.807) is 19.2 Å². The van der Waals surface area contributed by atoms with Gasteiger partial charge < -0.3 is 16.0 Å². The van der Waals surface area contributed by atoms with Crippen LogP contribution in [0.3, 0.4) is 0 Å². The summed E-state index contributed by atoms with van der Waals surface area (Å²) in [6.45, 7) is 2.08. The maximum atomic E-state index is 12.5. The molecule has 10 nitrogen and oxygen atoms in total. The molecule has 218 valence electrons. The predicted molar refractivity (Wildman–Crippen MR) is 168 cm³/mol. The second-order valence-corrected chi connectivity index (χ2v) is 10.8. The van der Waals surface area contributed by atoms with Crippen LogP contribution < -0.4 is 16.0 Å². The molecule has 0 aliphatic heterocycles. The number of fused-ring (bicyclic) bond motifs is 1. The fourth-order valence-corrected chi connectivity index (χ4v) is 5.43. The molecule has 44 heavy (non-hydrogen) atoms. The first-order valence-corrected chi connectivity index (χ1v) is 14.6. The molecule has 0 saturated heterocycles. The predicted octanol–water partition coefficient (Wildman–Crippen LogP) is 6.03. The van der Waals surface area contributed by atoms with E-state index in [2.05, 4.69) is 62.4 Å². The highest BCUT2D eigenvalue weighted by atomic mass is 16.1. The monoisotopic (exact) mass is 581 g/mol. The average molecular weight is 582 g/mol. The van der Waals surface area contributed by atoms with Crippen LogP contribution in [-0.4, -0.2) is 32.9 Å². The number of benzene rings is 3. The summed E-state index contributed by atoms with van der Waals surface area (Å²) in [4.78, 5) is 17.0. The molecule has 1 amide bonds. The maximum Gasteiger partial charge on any atom is 0.251 e. The fraction of sp³-hybridized carbons (Fsp3) is 0.235. The van der Waals surface area contributed by atoms with E-state index in [0.717, 1.165) is 30.4 Å². The smallest absolute Gasteiger partial charge is 0.251 e. The van der Waals surface area contributed by atoms with Crippen LogP contribution in [0.15, 0.2) is 79.1 Å². The lowest BCUT2D eigenvalue weighted by Crippen LogP contribution is -2.19. The summed E-state index contributed by atoms with van der Waals surface area (Å²) in [5.41, 5.74) is 5.60. The van der Waals surface area contributed by atoms with Gasteiger partial charge in [0.15, 0.2) is 0 Å². The minimum atomic E-state index is -0.479. The van der Waals surface area contributed by atoms with E-state index in [1.165, 1.54) is 6.20 Å². The molecule has 2 atom stereocenters. The zero-order valence-corrected chi connectivity index (χ0v) is 24.5. The largest absolute Gasteiger partial charge is 0.377 e. The molecule has 1 aliphatic rings. The quantitative estimate of drug-likeness (QED) is 0.181. The van der Waals surface area contributed by atoms with Crippen LogP contribution in [0, 0.1) is 22.7 Å². The third kappa shape index (κ3) is 5.66. The van der Waals surface area contributed by atoms with Crippen LogP contribution in [-0.2, 0) is 0 Å². The van der Waals surface area contributed by atoms with Gasteiger partial charge in [-0.3, -0.25) is 9.78 Å². The molecule has 2 heterocycles. The number of nitrogens with zero attached hydrogens (tertiary/aromatic N) is 6. The summed E-state index contributed by atoms with van der Waals surface area (Å²) in [7, 11) is 1.60. The fourth-order valence-electron chi connectivity index (χ4n) is 5.43. The minimum Gasteiger partial charge on any atom is -0.377 e. The van der Waals surface area contributed by atoms with Gasteiger partial charge in [0, 0.05) is 29.9 Å². The van der Waals surface area contributed by atoms with Crippen LogP contribution in [0.1, 0.15) is 82.6 Å². The summed E-state index contributed by atoms with van der Waals surface area (Å²) in [6, 6.07) is 25.4. The summed E-state index contributed by atoms with van der Waals surface area (Å²) in [5.74, 6) is -0.195. The summed E-state index contributed by atoms with van der Waals surface area (Å²) in [5, 5.41) is 39.6. The van der Waals surface area contributed by atoms with Crippen molar-refractivity contribution in [3.05, 3.63) is 113 Å². The molecule has 3 aromatic carbocycles. The topological polar surface area (TPSA) is 144 Å². The molecule has 0 radical (unpaired) electrons. The van der Waals surface area contributed by atoms with Gasteiger partial charge in [0.25, 0.3) is 5.91 Å². The minimum absolute atomic E-state index is 0.0614. The highest BCUT2D eigenvalue weighted by molar-refractivity contribution is 5.99. The zero-order valence-electron chi connectivity index (χ0n) is 24.5. The van der Waals surface area contributed by atoms with E-state index in [1.807, 2.05) is 53.3 Å². The van der Waals surface area contributed by atoms with Crippen molar-refractivity contribution in [2.45, 2.75) is 44.3 Å². The molecule has 1 aliphatic carbocycles. The van der Waals surface area contributed by atoms with Crippen molar-refractivity contribution in [3.63, 3.8) is 0 Å². The van der Waals surface area contributed by atoms with Crippen molar-refractivity contribution in [3.8, 4) is 12.1 Å². The van der Waals surface area contributed by atoms with Crippen LogP contribution >= 0.6 is 0 Å². The number of hydrogen-bond donors (Lipinski definition) is 3. The number of pyridine rings is 1. The third-order valence-electron chi connectivity index (χ3n) is 7.91. The molecular weight excluding hydrogens is 550 g/mol. The van der Waals surface area contributed by atoms with Crippen molar-refractivity contribution in [1.82, 2.24) is 25.3 Å². The first-order chi connectivity index (χ1) is 21.5. The van der Waals surface area contributed by atoms with Gasteiger partial charge in [-0.15, -0.1) is 5.10 Å². The number of amides is 1. The Morgan fingerprint density at radius 3 is 2.48 bits per heavy atom. The number of hydrogen-bond acceptors (Lipinski definition) is 8. The van der Waals surface area contributed by atoms with Crippen LogP contribution in [0.4, 0.5) is 11.4 Å². The van der Waals surface area contributed by atoms with Gasteiger partial charge in [-0.1, -0.05) is 54.6 Å². The molecule has 0 unspecified atom stereocenters. The van der Waals surface area contributed by atoms with Gasteiger partial charge in [-0.2, -0.15) is 10.5 Å². The van der Waals surface area contributed by atoms with Crippen molar-refractivity contribution in [2.24, 2.45) is 0 Å². The Kier molecular flexibility index (Phi) is 7.90. The zero-order chi connectivity index (χ0) is 30.6. The lowest BCUT2D eigenvalue weighted by atomic mass is 9.99. The Balaban J connectivity index is 1.46. The van der Waals surface area contributed by atoms with Gasteiger partial charge in [-0.05, 0) is 54.7 Å². The normalized spacial score (nSPS) is 13.8. The van der Waals surface area contributed by atoms with E-state index in [-0.39, 0.29) is 11.9 Å². The van der Waals surface area contributed by atoms with E-state index in [9.17, 15) is 15.3 Å². The molecule has 3 N–H and O–H groups in total. The van der Waals surface area contributed by atoms with Crippen LogP contribution in [0.25, 0.3) is 10.9 Å². The first-order valence-electron chi connectivity index (χ1n) is 14.6. The number of carbonyl (C=O) groups is 1. The Morgan fingerprint density at radius 1 is 1.00 bits per heavy atom. The Bertz CT molecular complexity index is 1920. The number of rotatable bonds is 10. The van der Waals surface area contributed by atoms with Crippen LogP contribution in [0.5, 0.6) is 0 Å². The highest BCUT2D eigenvalue weighted by Gasteiger charge is 2.27. The molecular formula is C34H31N9O. The number of aromatic nitrogens is 4. The van der Waals surface area contributed by atoms with E-state index >= 15 is 0 Å². The van der Waals surface area contributed by atoms with E-state index < -0.39 is 6.04 Å². The van der Waals surface area contributed by atoms with E-state index in [0.29, 0.717) is 50.7 Å². The van der Waals surface area contributed by atoms with Gasteiger partial charge in [0.2, 0.25) is 0 Å². The number of nitriles is 2. The molecule has 1 saturated carbocycles. The van der Waals surface area contributed by atoms with Gasteiger partial charge >= 0.3 is 0 Å². The van der Waals surface area contributed by atoms with Crippen molar-refractivity contribution in [2.75, 3.05) is 17.7 Å². The summed E-state index contributed by atoms with van der Waals surface area (Å²) >= 11 is 0. The maximum absolute atomic E-state index is 12.5. The second-order valence-electron chi connectivity index (χ2n) is 10.8. The molecule has 5 aromatic rings. The molecule has 10 heteroatoms. The Labute approximate surface area is 255 Å². The average Bonchev–Trinajstić information content (AvgIpc) is 3.81. The standard InChI is InChI=1S/C34H31N9O/c1-3-29(21-8-5-4-6-9-21)40-32-25(18-36)19-38-31-24(17-35)15-26(16-28(31)32)39-33(30-20-43(42-41-30)27-12-13-27)22-10-7-11-23(14-22)34(44)37-2/h4-11,14-16,19-20,27,29,33,39H,3,12-13H2,1-2H3,(H,37,44)(H,38,40)/t29-,33+/m1/s1. The molecule has 0 bridgehead atoms. The molecule has 1 fully saturated rings. The number of nitrogens with one attached hydrogen (secondary N) is 3. The molecule has 0 spiro atoms. The number of anilines is 2. The highest BCUT2D eigenvalue weighted by Crippen LogP contribution is 2.37. The lowest BCUT2D eigenvalue weighted by molar-refractivity contribution is 0.0963. The number of carbonyl (C=O) groups excluding carboxylic acids is 1. The van der Waals surface area contributed by atoms with Crippen LogP contribution in [0.2, 0.25) is 0 Å². The van der Waals surface area contributed by atoms with E-state index in [4.69, 9.17) is 0 Å². The van der Waals surface area contributed by atoms with Crippen molar-refractivity contribution >= 4 is 28.2 Å². The molecule has 6 rings (SSSR count). The first kappa shape index (κ1) is 28.4. The Morgan fingerprint density at radius 2 is 1.77 bits per heavy atom. The van der Waals surface area contributed by atoms with Gasteiger partial charge in [-0.25, -0.2) is 4.68 Å². The second kappa shape index (κ2) is 12.2. The lowest BCUT2D eigenvalue weighted by Gasteiger charge is -2.22. The molecule has 2 aromatic heterocycles. The summed E-state index contributed by atoms with van der Waals surface area (Å²) in [6.07, 6.45) is 6.36. The summed E-state index contributed by atoms with van der Waals surface area (Å²) < 4.78 is 1.88. The Hall–Kier alpha value is -5.74. The van der Waals surface area contributed by atoms with Gasteiger partial charge in [0.1, 0.15) is 17.8 Å². The van der Waals surface area contributed by atoms with Gasteiger partial charge in [0.05, 0.1) is 46.7 Å². The van der Waals surface area contributed by atoms with Crippen molar-refractivity contribution < 1.29 is 4.79 Å². The SMILES string of the molecule is CC[C@@H](Nc1c(C#N)cnc2c(C#N)cc(N[C@@H](c3cccc(C(=O)NC)c3)c3cn(C4CC4)nn3)cc12)c1ccccc1. The van der Waals surface area contributed by atoms with Crippen molar-refractivity contribution in [1.29, 1.82) is 10.5 Å². The third-order valence-corrected chi connectivity index (χ3v) is 7.91.